The summed E-state index contributed by atoms with van der Waals surface area (Å²) in [4.78, 5) is 0. The van der Waals surface area contributed by atoms with Crippen molar-refractivity contribution < 1.29 is 14.6 Å². The fourth-order valence-corrected chi connectivity index (χ4v) is 1.05. The lowest BCUT2D eigenvalue weighted by Gasteiger charge is -2.15. The molecule has 1 rings (SSSR count). The summed E-state index contributed by atoms with van der Waals surface area (Å²) in [6.45, 7) is 1.58. The Morgan fingerprint density at radius 1 is 1.46 bits per heavy atom. The first-order valence-electron chi connectivity index (χ1n) is 3.94. The molecule has 1 aromatic carbocycles. The van der Waals surface area contributed by atoms with Crippen molar-refractivity contribution in [1.82, 2.24) is 0 Å². The maximum Gasteiger partial charge on any atom is 0.123 e. The van der Waals surface area contributed by atoms with Gasteiger partial charge >= 0.3 is 0 Å². The van der Waals surface area contributed by atoms with Crippen LogP contribution in [0.3, 0.4) is 0 Å². The van der Waals surface area contributed by atoms with Crippen molar-refractivity contribution in [1.29, 1.82) is 0 Å². The van der Waals surface area contributed by atoms with Gasteiger partial charge in [-0.3, -0.25) is 0 Å². The Morgan fingerprint density at radius 3 is 2.62 bits per heavy atom. The molecule has 0 saturated carbocycles. The summed E-state index contributed by atoms with van der Waals surface area (Å²) in [6, 6.07) is 2.83. The van der Waals surface area contributed by atoms with Crippen molar-refractivity contribution >= 4 is 0 Å². The fraction of sp³-hybridized carbons (Fsp3) is 0.333. The van der Waals surface area contributed by atoms with E-state index in [1.807, 2.05) is 0 Å². The van der Waals surface area contributed by atoms with Gasteiger partial charge in [0.15, 0.2) is 0 Å². The van der Waals surface area contributed by atoms with E-state index in [4.69, 9.17) is 5.73 Å². The summed E-state index contributed by atoms with van der Waals surface area (Å²) in [7, 11) is 0. The molecule has 0 unspecified atom stereocenters. The number of aliphatic hydroxyl groups is 1. The molecule has 13 heavy (non-hydrogen) atoms. The summed E-state index contributed by atoms with van der Waals surface area (Å²) in [5.41, 5.74) is 5.52. The van der Waals surface area contributed by atoms with Crippen LogP contribution in [0, 0.1) is 5.82 Å². The van der Waals surface area contributed by atoms with E-state index in [-0.39, 0.29) is 11.3 Å². The van der Waals surface area contributed by atoms with E-state index < -0.39 is 18.0 Å². The third kappa shape index (κ3) is 2.17. The molecule has 0 aliphatic heterocycles. The van der Waals surface area contributed by atoms with E-state index in [1.165, 1.54) is 6.07 Å². The highest BCUT2D eigenvalue weighted by Gasteiger charge is 2.16. The standard InChI is InChI=1S/C9H12FNO2/c1-5(11)9(13)7-4-6(10)2-3-8(7)12/h2-5,9,12-13H,11H2,1H3/t5-,9-/m1/s1. The fourth-order valence-electron chi connectivity index (χ4n) is 1.05. The normalized spacial score (nSPS) is 15.4. The van der Waals surface area contributed by atoms with E-state index in [2.05, 4.69) is 0 Å². The average molecular weight is 185 g/mol. The van der Waals surface area contributed by atoms with Crippen LogP contribution in [-0.4, -0.2) is 16.3 Å². The minimum absolute atomic E-state index is 0.120. The van der Waals surface area contributed by atoms with Crippen molar-refractivity contribution in [2.75, 3.05) is 0 Å². The van der Waals surface area contributed by atoms with Gasteiger partial charge in [-0.1, -0.05) is 0 Å². The average Bonchev–Trinajstić information content (AvgIpc) is 2.08. The first kappa shape index (κ1) is 9.95. The Labute approximate surface area is 75.6 Å². The zero-order chi connectivity index (χ0) is 10.0. The lowest BCUT2D eigenvalue weighted by Crippen LogP contribution is -2.24. The zero-order valence-electron chi connectivity index (χ0n) is 7.24. The Kier molecular flexibility index (Phi) is 2.85. The van der Waals surface area contributed by atoms with Crippen LogP contribution in [0.1, 0.15) is 18.6 Å². The molecule has 1 aromatic rings. The number of aliphatic hydroxyl groups excluding tert-OH is 1. The van der Waals surface area contributed by atoms with Crippen LogP contribution in [0.4, 0.5) is 4.39 Å². The van der Waals surface area contributed by atoms with Gasteiger partial charge in [-0.15, -0.1) is 0 Å². The number of benzene rings is 1. The zero-order valence-corrected chi connectivity index (χ0v) is 7.24. The van der Waals surface area contributed by atoms with Gasteiger partial charge < -0.3 is 15.9 Å². The number of hydrogen-bond acceptors (Lipinski definition) is 3. The lowest BCUT2D eigenvalue weighted by atomic mass is 10.0. The molecular weight excluding hydrogens is 173 g/mol. The molecule has 0 bridgehead atoms. The van der Waals surface area contributed by atoms with E-state index in [9.17, 15) is 14.6 Å². The Morgan fingerprint density at radius 2 is 2.08 bits per heavy atom. The second-order valence-corrected chi connectivity index (χ2v) is 3.01. The van der Waals surface area contributed by atoms with Crippen molar-refractivity contribution in [2.45, 2.75) is 19.1 Å². The Bertz CT molecular complexity index is 302. The molecule has 0 radical (unpaired) electrons. The third-order valence-electron chi connectivity index (χ3n) is 1.81. The summed E-state index contributed by atoms with van der Waals surface area (Å²) in [5, 5.41) is 18.7. The van der Waals surface area contributed by atoms with Crippen LogP contribution in [0.2, 0.25) is 0 Å². The Balaban J connectivity index is 3.05. The molecule has 72 valence electrons. The third-order valence-corrected chi connectivity index (χ3v) is 1.81. The molecule has 4 heteroatoms. The molecule has 0 spiro atoms. The van der Waals surface area contributed by atoms with Crippen LogP contribution in [0.5, 0.6) is 5.75 Å². The van der Waals surface area contributed by atoms with Crippen LogP contribution in [0.25, 0.3) is 0 Å². The highest BCUT2D eigenvalue weighted by molar-refractivity contribution is 5.34. The number of halogens is 1. The monoisotopic (exact) mass is 185 g/mol. The molecular formula is C9H12FNO2. The molecule has 0 aromatic heterocycles. The second kappa shape index (κ2) is 3.72. The number of nitrogens with two attached hydrogens (primary N) is 1. The number of aromatic hydroxyl groups is 1. The van der Waals surface area contributed by atoms with Crippen LogP contribution < -0.4 is 5.73 Å². The first-order valence-corrected chi connectivity index (χ1v) is 3.94. The summed E-state index contributed by atoms with van der Waals surface area (Å²) < 4.78 is 12.7. The number of rotatable bonds is 2. The van der Waals surface area contributed by atoms with E-state index in [0.717, 1.165) is 12.1 Å². The predicted molar refractivity (Wildman–Crippen MR) is 46.7 cm³/mol. The van der Waals surface area contributed by atoms with Crippen LogP contribution >= 0.6 is 0 Å². The van der Waals surface area contributed by atoms with Crippen LogP contribution in [-0.2, 0) is 0 Å². The molecule has 0 saturated heterocycles. The minimum Gasteiger partial charge on any atom is -0.508 e. The molecule has 0 heterocycles. The number of phenols is 1. The largest absolute Gasteiger partial charge is 0.508 e. The van der Waals surface area contributed by atoms with Gasteiger partial charge in [-0.25, -0.2) is 4.39 Å². The van der Waals surface area contributed by atoms with Gasteiger partial charge in [-0.2, -0.15) is 0 Å². The molecule has 4 N–H and O–H groups in total. The van der Waals surface area contributed by atoms with Crippen molar-refractivity contribution in [3.8, 4) is 5.75 Å². The summed E-state index contributed by atoms with van der Waals surface area (Å²) >= 11 is 0. The van der Waals surface area contributed by atoms with Crippen molar-refractivity contribution in [3.63, 3.8) is 0 Å². The molecule has 0 fully saturated rings. The first-order chi connectivity index (χ1) is 6.02. The molecule has 0 aliphatic carbocycles. The number of phenolic OH excluding ortho intramolecular Hbond substituents is 1. The van der Waals surface area contributed by atoms with Gasteiger partial charge in [0.2, 0.25) is 0 Å². The van der Waals surface area contributed by atoms with E-state index in [1.54, 1.807) is 6.92 Å². The number of hydrogen-bond donors (Lipinski definition) is 3. The highest BCUT2D eigenvalue weighted by Crippen LogP contribution is 2.26. The minimum atomic E-state index is -1.05. The Hall–Kier alpha value is -1.13. The molecule has 0 amide bonds. The maximum absolute atomic E-state index is 12.7. The van der Waals surface area contributed by atoms with E-state index >= 15 is 0 Å². The quantitative estimate of drug-likeness (QED) is 0.641. The van der Waals surface area contributed by atoms with Gasteiger partial charge in [-0.05, 0) is 25.1 Å². The van der Waals surface area contributed by atoms with Crippen molar-refractivity contribution in [2.24, 2.45) is 5.73 Å². The molecule has 2 atom stereocenters. The van der Waals surface area contributed by atoms with Gasteiger partial charge in [0.1, 0.15) is 11.6 Å². The molecule has 0 aliphatic rings. The summed E-state index contributed by atoms with van der Waals surface area (Å²) in [6.07, 6.45) is -1.05. The van der Waals surface area contributed by atoms with Gasteiger partial charge in [0, 0.05) is 11.6 Å². The van der Waals surface area contributed by atoms with Crippen LogP contribution in [0.15, 0.2) is 18.2 Å². The SMILES string of the molecule is C[C@@H](N)[C@@H](O)c1cc(F)ccc1O. The van der Waals surface area contributed by atoms with Gasteiger partial charge in [0.05, 0.1) is 6.10 Å². The predicted octanol–water partition coefficient (Wildman–Crippen LogP) is 0.912. The lowest BCUT2D eigenvalue weighted by molar-refractivity contribution is 0.149. The smallest absolute Gasteiger partial charge is 0.123 e. The topological polar surface area (TPSA) is 66.5 Å². The van der Waals surface area contributed by atoms with Gasteiger partial charge in [0.25, 0.3) is 0 Å². The summed E-state index contributed by atoms with van der Waals surface area (Å²) in [5.74, 6) is -0.654. The van der Waals surface area contributed by atoms with E-state index in [0.29, 0.717) is 0 Å². The second-order valence-electron chi connectivity index (χ2n) is 3.01. The van der Waals surface area contributed by atoms with Crippen molar-refractivity contribution in [3.05, 3.63) is 29.6 Å². The molecule has 3 nitrogen and oxygen atoms in total. The highest BCUT2D eigenvalue weighted by atomic mass is 19.1. The maximum atomic E-state index is 12.7.